The van der Waals surface area contributed by atoms with Crippen molar-refractivity contribution in [2.45, 2.75) is 6.42 Å². The normalized spacial score (nSPS) is 14.6. The highest BCUT2D eigenvalue weighted by atomic mass is 19.1. The Hall–Kier alpha value is -2.80. The summed E-state index contributed by atoms with van der Waals surface area (Å²) in [6.45, 7) is 3.60. The van der Waals surface area contributed by atoms with Gasteiger partial charge in [-0.1, -0.05) is 18.2 Å². The van der Waals surface area contributed by atoms with Gasteiger partial charge >= 0.3 is 6.03 Å². The summed E-state index contributed by atoms with van der Waals surface area (Å²) in [7, 11) is 3.13. The first-order valence-electron chi connectivity index (χ1n) is 9.34. The largest absolute Gasteiger partial charge is 0.493 e. The summed E-state index contributed by atoms with van der Waals surface area (Å²) in [5.74, 6) is 1.03. The summed E-state index contributed by atoms with van der Waals surface area (Å²) in [4.78, 5) is 16.6. The molecule has 0 aromatic heterocycles. The second-order valence-corrected chi connectivity index (χ2v) is 6.67. The number of piperazine rings is 1. The van der Waals surface area contributed by atoms with Gasteiger partial charge in [-0.2, -0.15) is 0 Å². The molecule has 1 fully saturated rings. The minimum Gasteiger partial charge on any atom is -0.493 e. The van der Waals surface area contributed by atoms with E-state index in [9.17, 15) is 9.18 Å². The molecule has 2 amide bonds. The Labute approximate surface area is 164 Å². The zero-order chi connectivity index (χ0) is 19.9. The minimum absolute atomic E-state index is 0.138. The summed E-state index contributed by atoms with van der Waals surface area (Å²) in [5, 5.41) is 2.90. The number of hydrogen-bond acceptors (Lipinski definition) is 4. The molecule has 0 radical (unpaired) electrons. The van der Waals surface area contributed by atoms with Crippen LogP contribution in [0, 0.1) is 5.82 Å². The Bertz CT molecular complexity index is 807. The minimum atomic E-state index is -0.157. The molecule has 150 valence electrons. The van der Waals surface area contributed by atoms with Crippen LogP contribution in [0.25, 0.3) is 0 Å². The van der Waals surface area contributed by atoms with Gasteiger partial charge < -0.3 is 19.7 Å². The molecule has 2 aromatic rings. The van der Waals surface area contributed by atoms with Crippen LogP contribution in [0.1, 0.15) is 5.56 Å². The fourth-order valence-electron chi connectivity index (χ4n) is 3.27. The van der Waals surface area contributed by atoms with Crippen molar-refractivity contribution in [3.8, 4) is 11.5 Å². The van der Waals surface area contributed by atoms with Crippen molar-refractivity contribution >= 4 is 11.7 Å². The Kier molecular flexibility index (Phi) is 6.71. The number of hydrogen-bond donors (Lipinski definition) is 1. The molecule has 1 N–H and O–H groups in total. The van der Waals surface area contributed by atoms with Crippen LogP contribution in [-0.4, -0.2) is 62.8 Å². The van der Waals surface area contributed by atoms with E-state index < -0.39 is 0 Å². The summed E-state index contributed by atoms with van der Waals surface area (Å²) in [5.41, 5.74) is 1.39. The average molecular weight is 387 g/mol. The first-order chi connectivity index (χ1) is 13.6. The van der Waals surface area contributed by atoms with Crippen LogP contribution in [0.5, 0.6) is 11.5 Å². The Morgan fingerprint density at radius 2 is 1.75 bits per heavy atom. The molecule has 1 aliphatic rings. The van der Waals surface area contributed by atoms with Gasteiger partial charge in [0.1, 0.15) is 5.82 Å². The molecule has 0 aliphatic carbocycles. The van der Waals surface area contributed by atoms with Crippen LogP contribution in [0.4, 0.5) is 14.9 Å². The fourth-order valence-corrected chi connectivity index (χ4v) is 3.27. The lowest BCUT2D eigenvalue weighted by Gasteiger charge is -2.34. The molecular formula is C21H26FN3O3. The van der Waals surface area contributed by atoms with Gasteiger partial charge in [0.05, 0.1) is 14.2 Å². The van der Waals surface area contributed by atoms with E-state index in [-0.39, 0.29) is 11.8 Å². The van der Waals surface area contributed by atoms with Gasteiger partial charge in [-0.05, 0) is 30.2 Å². The third kappa shape index (κ3) is 4.92. The van der Waals surface area contributed by atoms with Gasteiger partial charge in [0, 0.05) is 44.5 Å². The molecule has 2 aromatic carbocycles. The topological polar surface area (TPSA) is 54.0 Å². The predicted molar refractivity (Wildman–Crippen MR) is 107 cm³/mol. The second-order valence-electron chi connectivity index (χ2n) is 6.67. The van der Waals surface area contributed by atoms with E-state index in [1.54, 1.807) is 43.4 Å². The number of nitrogens with one attached hydrogen (secondary N) is 1. The number of carbonyl (C=O) groups is 1. The van der Waals surface area contributed by atoms with Crippen molar-refractivity contribution in [3.05, 3.63) is 53.8 Å². The van der Waals surface area contributed by atoms with E-state index in [2.05, 4.69) is 10.2 Å². The number of rotatable bonds is 6. The first-order valence-corrected chi connectivity index (χ1v) is 9.34. The fraction of sp³-hybridized carbons (Fsp3) is 0.381. The number of carbonyl (C=O) groups excluding carboxylic acids is 1. The van der Waals surface area contributed by atoms with Crippen LogP contribution in [-0.2, 0) is 6.42 Å². The average Bonchev–Trinajstić information content (AvgIpc) is 2.73. The van der Waals surface area contributed by atoms with E-state index in [1.165, 1.54) is 6.07 Å². The molecule has 1 heterocycles. The zero-order valence-electron chi connectivity index (χ0n) is 16.3. The monoisotopic (exact) mass is 387 g/mol. The third-order valence-corrected chi connectivity index (χ3v) is 4.95. The predicted octanol–water partition coefficient (Wildman–Crippen LogP) is 3.24. The lowest BCUT2D eigenvalue weighted by atomic mass is 10.1. The van der Waals surface area contributed by atoms with Crippen molar-refractivity contribution < 1.29 is 18.7 Å². The van der Waals surface area contributed by atoms with Gasteiger partial charge in [0.25, 0.3) is 0 Å². The SMILES string of the molecule is COc1ccc(NC(=O)N2CCN(CCc3ccccc3F)CC2)cc1OC. The third-order valence-electron chi connectivity index (χ3n) is 4.95. The van der Waals surface area contributed by atoms with E-state index in [1.807, 2.05) is 12.1 Å². The molecule has 7 heteroatoms. The van der Waals surface area contributed by atoms with Crippen LogP contribution in [0.15, 0.2) is 42.5 Å². The number of benzene rings is 2. The van der Waals surface area contributed by atoms with E-state index in [0.29, 0.717) is 36.7 Å². The maximum atomic E-state index is 13.7. The van der Waals surface area contributed by atoms with Crippen molar-refractivity contribution in [2.75, 3.05) is 52.3 Å². The lowest BCUT2D eigenvalue weighted by Crippen LogP contribution is -2.50. The highest BCUT2D eigenvalue weighted by Crippen LogP contribution is 2.29. The number of ether oxygens (including phenoxy) is 2. The number of urea groups is 1. The van der Waals surface area contributed by atoms with Crippen molar-refractivity contribution in [1.29, 1.82) is 0 Å². The molecule has 28 heavy (non-hydrogen) atoms. The molecular weight excluding hydrogens is 361 g/mol. The highest BCUT2D eigenvalue weighted by Gasteiger charge is 2.21. The number of nitrogens with zero attached hydrogens (tertiary/aromatic N) is 2. The van der Waals surface area contributed by atoms with E-state index in [0.717, 1.165) is 25.2 Å². The Balaban J connectivity index is 1.48. The quantitative estimate of drug-likeness (QED) is 0.827. The standard InChI is InChI=1S/C21H26FN3O3/c1-27-19-8-7-17(15-20(19)28-2)23-21(26)25-13-11-24(12-14-25)10-9-16-5-3-4-6-18(16)22/h3-8,15H,9-14H2,1-2H3,(H,23,26). The molecule has 1 saturated heterocycles. The smallest absolute Gasteiger partial charge is 0.321 e. The number of methoxy groups -OCH3 is 2. The molecule has 3 rings (SSSR count). The van der Waals surface area contributed by atoms with Crippen LogP contribution < -0.4 is 14.8 Å². The van der Waals surface area contributed by atoms with Crippen LogP contribution in [0.3, 0.4) is 0 Å². The number of anilines is 1. The summed E-state index contributed by atoms with van der Waals surface area (Å²) in [6.07, 6.45) is 0.671. The molecule has 0 atom stereocenters. The van der Waals surface area contributed by atoms with E-state index >= 15 is 0 Å². The van der Waals surface area contributed by atoms with Gasteiger partial charge in [-0.15, -0.1) is 0 Å². The molecule has 0 unspecified atom stereocenters. The van der Waals surface area contributed by atoms with Crippen molar-refractivity contribution in [3.63, 3.8) is 0 Å². The Morgan fingerprint density at radius 3 is 2.43 bits per heavy atom. The maximum absolute atomic E-state index is 13.7. The van der Waals surface area contributed by atoms with Crippen molar-refractivity contribution in [2.24, 2.45) is 0 Å². The van der Waals surface area contributed by atoms with Crippen LogP contribution >= 0.6 is 0 Å². The molecule has 6 nitrogen and oxygen atoms in total. The number of halogens is 1. The van der Waals surface area contributed by atoms with Gasteiger partial charge in [-0.25, -0.2) is 9.18 Å². The second kappa shape index (κ2) is 9.41. The Morgan fingerprint density at radius 1 is 1.04 bits per heavy atom. The maximum Gasteiger partial charge on any atom is 0.321 e. The number of amides is 2. The molecule has 0 bridgehead atoms. The first kappa shape index (κ1) is 19.9. The summed E-state index contributed by atoms with van der Waals surface area (Å²) >= 11 is 0. The highest BCUT2D eigenvalue weighted by molar-refractivity contribution is 5.89. The zero-order valence-corrected chi connectivity index (χ0v) is 16.3. The van der Waals surface area contributed by atoms with Gasteiger partial charge in [0.15, 0.2) is 11.5 Å². The van der Waals surface area contributed by atoms with Gasteiger partial charge in [-0.3, -0.25) is 4.90 Å². The summed E-state index contributed by atoms with van der Waals surface area (Å²) in [6, 6.07) is 12.0. The van der Waals surface area contributed by atoms with E-state index in [4.69, 9.17) is 9.47 Å². The molecule has 1 aliphatic heterocycles. The van der Waals surface area contributed by atoms with Crippen molar-refractivity contribution in [1.82, 2.24) is 9.80 Å². The summed E-state index contributed by atoms with van der Waals surface area (Å²) < 4.78 is 24.2. The lowest BCUT2D eigenvalue weighted by molar-refractivity contribution is 0.148. The van der Waals surface area contributed by atoms with Crippen LogP contribution in [0.2, 0.25) is 0 Å². The van der Waals surface area contributed by atoms with Gasteiger partial charge in [0.2, 0.25) is 0 Å². The molecule has 0 saturated carbocycles. The molecule has 0 spiro atoms.